The lowest BCUT2D eigenvalue weighted by atomic mass is 9.83. The first-order chi connectivity index (χ1) is 27.3. The molecule has 1 aromatic heterocycles. The zero-order chi connectivity index (χ0) is 36.0. The first kappa shape index (κ1) is 30.3. The molecule has 0 bridgehead atoms. The molecule has 0 atom stereocenters. The Labute approximate surface area is 317 Å². The zero-order valence-electron chi connectivity index (χ0n) is 29.9. The number of benzene rings is 11. The summed E-state index contributed by atoms with van der Waals surface area (Å²) in [4.78, 5) is 0. The Kier molecular flexibility index (Phi) is 6.40. The van der Waals surface area contributed by atoms with Crippen LogP contribution >= 0.6 is 0 Å². The van der Waals surface area contributed by atoms with Gasteiger partial charge < -0.3 is 4.42 Å². The highest BCUT2D eigenvalue weighted by Gasteiger charge is 2.23. The second kappa shape index (κ2) is 11.6. The fourth-order valence-corrected chi connectivity index (χ4v) is 9.42. The summed E-state index contributed by atoms with van der Waals surface area (Å²) in [6.07, 6.45) is 0. The van der Waals surface area contributed by atoms with Crippen LogP contribution in [0.25, 0.3) is 120 Å². The molecule has 11 aromatic carbocycles. The topological polar surface area (TPSA) is 13.1 Å². The van der Waals surface area contributed by atoms with Crippen molar-refractivity contribution >= 4 is 86.6 Å². The van der Waals surface area contributed by atoms with Gasteiger partial charge in [0.1, 0.15) is 11.2 Å². The van der Waals surface area contributed by atoms with Gasteiger partial charge in [0.25, 0.3) is 0 Å². The Hall–Kier alpha value is -7.22. The van der Waals surface area contributed by atoms with E-state index in [0.29, 0.717) is 0 Å². The maximum absolute atomic E-state index is 6.80. The van der Waals surface area contributed by atoms with Gasteiger partial charge in [-0.1, -0.05) is 170 Å². The Bertz CT molecular complexity index is 3460. The van der Waals surface area contributed by atoms with Crippen molar-refractivity contribution in [2.75, 3.05) is 0 Å². The molecule has 1 nitrogen and oxygen atoms in total. The Morgan fingerprint density at radius 2 is 0.709 bits per heavy atom. The molecule has 1 heteroatoms. The molecule has 0 aliphatic carbocycles. The number of fused-ring (bicyclic) bond motifs is 12. The van der Waals surface area contributed by atoms with Crippen molar-refractivity contribution in [3.63, 3.8) is 0 Å². The molecular formula is C54H32O. The lowest BCUT2D eigenvalue weighted by molar-refractivity contribution is 0.670. The Morgan fingerprint density at radius 1 is 0.236 bits per heavy atom. The van der Waals surface area contributed by atoms with E-state index in [4.69, 9.17) is 4.42 Å². The average molecular weight is 697 g/mol. The normalized spacial score (nSPS) is 12.0. The fraction of sp³-hybridized carbons (Fsp3) is 0. The van der Waals surface area contributed by atoms with Gasteiger partial charge in [-0.2, -0.15) is 0 Å². The Morgan fingerprint density at radius 3 is 1.36 bits per heavy atom. The summed E-state index contributed by atoms with van der Waals surface area (Å²) in [5.41, 5.74) is 9.05. The van der Waals surface area contributed by atoms with Crippen LogP contribution in [0.2, 0.25) is 0 Å². The number of para-hydroxylation sites is 1. The van der Waals surface area contributed by atoms with Crippen LogP contribution in [0.3, 0.4) is 0 Å². The summed E-state index contributed by atoms with van der Waals surface area (Å²) in [5, 5.41) is 17.3. The molecule has 0 saturated carbocycles. The molecule has 0 unspecified atom stereocenters. The highest BCUT2D eigenvalue weighted by Crippen LogP contribution is 2.49. The second-order valence-electron chi connectivity index (χ2n) is 14.7. The first-order valence-corrected chi connectivity index (χ1v) is 19.0. The van der Waals surface area contributed by atoms with E-state index in [2.05, 4.69) is 194 Å². The molecule has 12 aromatic rings. The lowest BCUT2D eigenvalue weighted by Crippen LogP contribution is -1.92. The van der Waals surface area contributed by atoms with E-state index in [9.17, 15) is 0 Å². The average Bonchev–Trinajstić information content (AvgIpc) is 3.63. The van der Waals surface area contributed by atoms with E-state index in [1.54, 1.807) is 0 Å². The standard InChI is InChI=1S/C54H32O/c1-2-17-37-35(14-1)32-49-43-22-11-12-27-50(43)55-54(49)53(37)52-46-25-9-7-23-44(46)51(45-24-8-10-26-47(45)52)36-16-13-15-33(30-36)34-28-29-42-40-20-4-3-18-38(40)39-19-5-6-21-41(39)48(42)31-34/h1-32H. The smallest absolute Gasteiger partial charge is 0.143 e. The zero-order valence-corrected chi connectivity index (χ0v) is 29.9. The third kappa shape index (κ3) is 4.41. The molecule has 0 amide bonds. The maximum atomic E-state index is 6.80. The van der Waals surface area contributed by atoms with Crippen LogP contribution in [0.4, 0.5) is 0 Å². The quantitative estimate of drug-likeness (QED) is 0.132. The molecule has 0 saturated heterocycles. The van der Waals surface area contributed by atoms with Gasteiger partial charge in [-0.25, -0.2) is 0 Å². The molecule has 254 valence electrons. The second-order valence-corrected chi connectivity index (χ2v) is 14.7. The van der Waals surface area contributed by atoms with Crippen LogP contribution in [0.5, 0.6) is 0 Å². The van der Waals surface area contributed by atoms with Crippen LogP contribution in [0.1, 0.15) is 0 Å². The lowest BCUT2D eigenvalue weighted by Gasteiger charge is -2.19. The minimum Gasteiger partial charge on any atom is -0.455 e. The predicted octanol–water partition coefficient (Wildman–Crippen LogP) is 15.5. The van der Waals surface area contributed by atoms with Crippen molar-refractivity contribution < 1.29 is 4.42 Å². The molecule has 0 aliphatic rings. The number of rotatable bonds is 3. The van der Waals surface area contributed by atoms with Crippen molar-refractivity contribution in [2.24, 2.45) is 0 Å². The fourth-order valence-electron chi connectivity index (χ4n) is 9.42. The van der Waals surface area contributed by atoms with Crippen molar-refractivity contribution in [2.45, 2.75) is 0 Å². The summed E-state index contributed by atoms with van der Waals surface area (Å²) in [7, 11) is 0. The van der Waals surface area contributed by atoms with Crippen LogP contribution < -0.4 is 0 Å². The maximum Gasteiger partial charge on any atom is 0.143 e. The molecule has 0 aliphatic heterocycles. The Balaban J connectivity index is 1.13. The minimum absolute atomic E-state index is 0.908. The van der Waals surface area contributed by atoms with Crippen molar-refractivity contribution in [3.8, 4) is 33.4 Å². The summed E-state index contributed by atoms with van der Waals surface area (Å²) >= 11 is 0. The predicted molar refractivity (Wildman–Crippen MR) is 235 cm³/mol. The van der Waals surface area contributed by atoms with Gasteiger partial charge in [-0.05, 0) is 111 Å². The SMILES string of the molecule is c1cc(-c2ccc3c4ccccc4c4ccccc4c3c2)cc(-c2c3ccccc3c(-c3c4ccccc4cc4c3oc3ccccc34)c3ccccc23)c1. The van der Waals surface area contributed by atoms with E-state index in [-0.39, 0.29) is 0 Å². The van der Waals surface area contributed by atoms with Crippen molar-refractivity contribution in [1.29, 1.82) is 0 Å². The monoisotopic (exact) mass is 696 g/mol. The molecule has 0 N–H and O–H groups in total. The minimum atomic E-state index is 0.908. The van der Waals surface area contributed by atoms with E-state index in [0.717, 1.165) is 27.5 Å². The summed E-state index contributed by atoms with van der Waals surface area (Å²) in [5.74, 6) is 0. The number of hydrogen-bond donors (Lipinski definition) is 0. The molecule has 1 heterocycles. The summed E-state index contributed by atoms with van der Waals surface area (Å²) in [6, 6.07) is 71.0. The van der Waals surface area contributed by atoms with Crippen LogP contribution in [0, 0.1) is 0 Å². The van der Waals surface area contributed by atoms with Crippen LogP contribution in [-0.2, 0) is 0 Å². The number of hydrogen-bond acceptors (Lipinski definition) is 1. The molecular weight excluding hydrogens is 665 g/mol. The van der Waals surface area contributed by atoms with Crippen LogP contribution in [-0.4, -0.2) is 0 Å². The van der Waals surface area contributed by atoms with Crippen molar-refractivity contribution in [1.82, 2.24) is 0 Å². The van der Waals surface area contributed by atoms with Gasteiger partial charge in [0.15, 0.2) is 0 Å². The first-order valence-electron chi connectivity index (χ1n) is 19.0. The third-order valence-corrected chi connectivity index (χ3v) is 11.8. The third-order valence-electron chi connectivity index (χ3n) is 11.8. The van der Waals surface area contributed by atoms with Gasteiger partial charge in [-0.3, -0.25) is 0 Å². The van der Waals surface area contributed by atoms with Crippen molar-refractivity contribution in [3.05, 3.63) is 194 Å². The van der Waals surface area contributed by atoms with E-state index in [1.165, 1.54) is 92.5 Å². The van der Waals surface area contributed by atoms with Gasteiger partial charge in [-0.15, -0.1) is 0 Å². The summed E-state index contributed by atoms with van der Waals surface area (Å²) in [6.45, 7) is 0. The van der Waals surface area contributed by atoms with Gasteiger partial charge >= 0.3 is 0 Å². The molecule has 12 rings (SSSR count). The van der Waals surface area contributed by atoms with Gasteiger partial charge in [0.05, 0.1) is 0 Å². The largest absolute Gasteiger partial charge is 0.455 e. The molecule has 0 fully saturated rings. The summed E-state index contributed by atoms with van der Waals surface area (Å²) < 4.78 is 6.80. The molecule has 55 heavy (non-hydrogen) atoms. The van der Waals surface area contributed by atoms with E-state index < -0.39 is 0 Å². The van der Waals surface area contributed by atoms with Gasteiger partial charge in [0, 0.05) is 21.9 Å². The molecule has 0 radical (unpaired) electrons. The van der Waals surface area contributed by atoms with E-state index in [1.807, 2.05) is 0 Å². The number of furan rings is 1. The highest BCUT2D eigenvalue weighted by atomic mass is 16.3. The highest BCUT2D eigenvalue weighted by molar-refractivity contribution is 6.29. The van der Waals surface area contributed by atoms with Crippen LogP contribution in [0.15, 0.2) is 199 Å². The molecule has 0 spiro atoms. The van der Waals surface area contributed by atoms with Gasteiger partial charge in [0.2, 0.25) is 0 Å². The van der Waals surface area contributed by atoms with E-state index >= 15 is 0 Å².